The van der Waals surface area contributed by atoms with Crippen molar-refractivity contribution >= 4 is 63.9 Å². The van der Waals surface area contributed by atoms with Gasteiger partial charge in [0, 0.05) is 0 Å². The predicted molar refractivity (Wildman–Crippen MR) is 93.5 cm³/mol. The predicted octanol–water partition coefficient (Wildman–Crippen LogP) is 5.72. The van der Waals surface area contributed by atoms with E-state index in [0.717, 1.165) is 16.0 Å². The van der Waals surface area contributed by atoms with Crippen molar-refractivity contribution in [2.24, 2.45) is 0 Å². The molecule has 0 fully saturated rings. The summed E-state index contributed by atoms with van der Waals surface area (Å²) < 4.78 is 0. The Morgan fingerprint density at radius 1 is 0.783 bits per heavy atom. The van der Waals surface area contributed by atoms with E-state index in [2.05, 4.69) is 0 Å². The van der Waals surface area contributed by atoms with Crippen LogP contribution in [-0.2, 0) is 0 Å². The van der Waals surface area contributed by atoms with E-state index >= 15 is 0 Å². The third kappa shape index (κ3) is 2.34. The molecule has 1 aliphatic rings. The molecule has 7 heteroatoms. The van der Waals surface area contributed by atoms with Crippen LogP contribution in [0.1, 0.15) is 31.8 Å². The third-order valence-corrected chi connectivity index (χ3v) is 5.51. The lowest BCUT2D eigenvalue weighted by Crippen LogP contribution is -2.30. The van der Waals surface area contributed by atoms with Crippen LogP contribution in [-0.4, -0.2) is 11.8 Å². The van der Waals surface area contributed by atoms with E-state index < -0.39 is 11.8 Å². The van der Waals surface area contributed by atoms with E-state index in [9.17, 15) is 9.59 Å². The van der Waals surface area contributed by atoms with E-state index in [-0.39, 0.29) is 31.2 Å². The first kappa shape index (κ1) is 16.6. The minimum Gasteiger partial charge on any atom is -0.268 e. The van der Waals surface area contributed by atoms with Crippen molar-refractivity contribution in [1.82, 2.24) is 0 Å². The fourth-order valence-corrected chi connectivity index (χ4v) is 3.54. The number of fused-ring (bicyclic) bond motifs is 1. The fraction of sp³-hybridized carbons (Fsp3) is 0.125. The Labute approximate surface area is 152 Å². The summed E-state index contributed by atoms with van der Waals surface area (Å²) >= 11 is 24.2. The minimum atomic E-state index is -0.566. The summed E-state index contributed by atoms with van der Waals surface area (Å²) in [6, 6.07) is 5.48. The molecule has 0 saturated carbocycles. The maximum absolute atomic E-state index is 12.8. The Balaban J connectivity index is 2.29. The van der Waals surface area contributed by atoms with E-state index in [4.69, 9.17) is 46.4 Å². The van der Waals surface area contributed by atoms with E-state index in [1.54, 1.807) is 6.07 Å². The second kappa shape index (κ2) is 5.67. The number of imide groups is 1. The Morgan fingerprint density at radius 3 is 1.74 bits per heavy atom. The molecule has 0 N–H and O–H groups in total. The van der Waals surface area contributed by atoms with Gasteiger partial charge in [-0.15, -0.1) is 0 Å². The molecule has 0 atom stereocenters. The second-order valence-corrected chi connectivity index (χ2v) is 6.75. The monoisotopic (exact) mass is 387 g/mol. The van der Waals surface area contributed by atoms with Gasteiger partial charge < -0.3 is 0 Å². The lowest BCUT2D eigenvalue weighted by Gasteiger charge is -2.17. The number of rotatable bonds is 1. The smallest absolute Gasteiger partial charge is 0.267 e. The first-order chi connectivity index (χ1) is 10.8. The molecular formula is C16H9Cl4NO2. The molecule has 1 heterocycles. The van der Waals surface area contributed by atoms with Crippen molar-refractivity contribution in [1.29, 1.82) is 0 Å². The molecule has 23 heavy (non-hydrogen) atoms. The zero-order chi connectivity index (χ0) is 17.0. The first-order valence-electron chi connectivity index (χ1n) is 6.57. The number of aryl methyl sites for hydroxylation is 2. The van der Waals surface area contributed by atoms with Gasteiger partial charge in [0.05, 0.1) is 36.9 Å². The summed E-state index contributed by atoms with van der Waals surface area (Å²) in [5, 5.41) is -0.216. The van der Waals surface area contributed by atoms with Gasteiger partial charge in [-0.1, -0.05) is 58.5 Å². The van der Waals surface area contributed by atoms with Crippen LogP contribution >= 0.6 is 46.4 Å². The van der Waals surface area contributed by atoms with Gasteiger partial charge in [0.25, 0.3) is 11.8 Å². The van der Waals surface area contributed by atoms with Crippen LogP contribution in [0.3, 0.4) is 0 Å². The summed E-state index contributed by atoms with van der Waals surface area (Å²) in [6.45, 7) is 3.68. The largest absolute Gasteiger partial charge is 0.268 e. The van der Waals surface area contributed by atoms with Gasteiger partial charge in [-0.05, 0) is 31.0 Å². The van der Waals surface area contributed by atoms with Crippen LogP contribution in [0.4, 0.5) is 5.69 Å². The van der Waals surface area contributed by atoms with Crippen molar-refractivity contribution in [2.75, 3.05) is 4.90 Å². The molecule has 3 nitrogen and oxygen atoms in total. The number of carbonyl (C=O) groups excluding carboxylic acids is 2. The van der Waals surface area contributed by atoms with Gasteiger partial charge in [0.15, 0.2) is 0 Å². The molecule has 1 aliphatic heterocycles. The minimum absolute atomic E-state index is 0.0167. The number of benzene rings is 2. The summed E-state index contributed by atoms with van der Waals surface area (Å²) in [6.07, 6.45) is 0. The van der Waals surface area contributed by atoms with Crippen molar-refractivity contribution in [2.45, 2.75) is 13.8 Å². The maximum Gasteiger partial charge on any atom is 0.267 e. The number of hydrogen-bond donors (Lipinski definition) is 0. The maximum atomic E-state index is 12.8. The highest BCUT2D eigenvalue weighted by Crippen LogP contribution is 2.46. The zero-order valence-electron chi connectivity index (χ0n) is 12.0. The number of halogens is 4. The van der Waals surface area contributed by atoms with Gasteiger partial charge in [-0.3, -0.25) is 9.59 Å². The molecule has 0 bridgehead atoms. The van der Waals surface area contributed by atoms with Gasteiger partial charge in [-0.2, -0.15) is 0 Å². The zero-order valence-corrected chi connectivity index (χ0v) is 15.0. The molecule has 2 amide bonds. The molecule has 2 aromatic carbocycles. The van der Waals surface area contributed by atoms with Crippen LogP contribution in [0.2, 0.25) is 20.1 Å². The number of carbonyl (C=O) groups is 2. The molecule has 0 spiro atoms. The van der Waals surface area contributed by atoms with Crippen molar-refractivity contribution in [3.8, 4) is 0 Å². The summed E-state index contributed by atoms with van der Waals surface area (Å²) in [4.78, 5) is 26.6. The highest BCUT2D eigenvalue weighted by atomic mass is 35.5. The van der Waals surface area contributed by atoms with Crippen molar-refractivity contribution < 1.29 is 9.59 Å². The SMILES string of the molecule is Cc1ccc(C)c(N2C(=O)c3c(Cl)c(Cl)c(Cl)c(Cl)c3C2=O)c1. The topological polar surface area (TPSA) is 37.4 Å². The molecule has 0 aromatic heterocycles. The summed E-state index contributed by atoms with van der Waals surface area (Å²) in [5.41, 5.74) is 2.13. The first-order valence-corrected chi connectivity index (χ1v) is 8.08. The van der Waals surface area contributed by atoms with Crippen molar-refractivity contribution in [3.63, 3.8) is 0 Å². The van der Waals surface area contributed by atoms with Crippen LogP contribution in [0.5, 0.6) is 0 Å². The molecule has 118 valence electrons. The van der Waals surface area contributed by atoms with Gasteiger partial charge >= 0.3 is 0 Å². The lowest BCUT2D eigenvalue weighted by atomic mass is 10.1. The normalized spacial score (nSPS) is 13.7. The summed E-state index contributed by atoms with van der Waals surface area (Å²) in [5.74, 6) is -1.13. The van der Waals surface area contributed by atoms with Gasteiger partial charge in [0.2, 0.25) is 0 Å². The van der Waals surface area contributed by atoms with Crippen molar-refractivity contribution in [3.05, 3.63) is 60.5 Å². The Hall–Kier alpha value is -1.26. The van der Waals surface area contributed by atoms with E-state index in [0.29, 0.717) is 5.69 Å². The average molecular weight is 389 g/mol. The fourth-order valence-electron chi connectivity index (χ4n) is 2.53. The lowest BCUT2D eigenvalue weighted by molar-refractivity contribution is 0.0926. The standard InChI is InChI=1S/C16H9Cl4NO2/c1-6-3-4-7(2)8(5-6)21-15(22)9-10(16(21)23)12(18)14(20)13(19)11(9)17/h3-5H,1-2H3. The molecule has 0 saturated heterocycles. The average Bonchev–Trinajstić information content (AvgIpc) is 2.77. The van der Waals surface area contributed by atoms with Crippen LogP contribution in [0.25, 0.3) is 0 Å². The van der Waals surface area contributed by atoms with Crippen LogP contribution in [0, 0.1) is 13.8 Å². The molecule has 3 rings (SSSR count). The van der Waals surface area contributed by atoms with E-state index in [1.807, 2.05) is 26.0 Å². The number of anilines is 1. The highest BCUT2D eigenvalue weighted by Gasteiger charge is 2.42. The van der Waals surface area contributed by atoms with Crippen LogP contribution in [0.15, 0.2) is 18.2 Å². The number of nitrogens with zero attached hydrogens (tertiary/aromatic N) is 1. The molecule has 0 aliphatic carbocycles. The van der Waals surface area contributed by atoms with Crippen LogP contribution < -0.4 is 4.90 Å². The Bertz CT molecular complexity index is 845. The number of hydrogen-bond acceptors (Lipinski definition) is 2. The Morgan fingerprint density at radius 2 is 1.26 bits per heavy atom. The highest BCUT2D eigenvalue weighted by molar-refractivity contribution is 6.56. The molecule has 2 aromatic rings. The van der Waals surface area contributed by atoms with Gasteiger partial charge in [-0.25, -0.2) is 4.90 Å². The third-order valence-electron chi connectivity index (χ3n) is 3.71. The molecule has 0 unspecified atom stereocenters. The molecule has 0 radical (unpaired) electrons. The second-order valence-electron chi connectivity index (χ2n) is 5.24. The van der Waals surface area contributed by atoms with Gasteiger partial charge in [0.1, 0.15) is 0 Å². The Kier molecular flexibility index (Phi) is 4.09. The summed E-state index contributed by atoms with van der Waals surface area (Å²) in [7, 11) is 0. The van der Waals surface area contributed by atoms with E-state index in [1.165, 1.54) is 0 Å². The quantitative estimate of drug-likeness (QED) is 0.356. The number of amides is 2. The molecular weight excluding hydrogens is 380 g/mol.